The molecule has 0 aromatic heterocycles. The number of aliphatic hydroxyl groups excluding tert-OH is 1. The molecule has 1 rings (SSSR count). The molecule has 36 valence electrons. The van der Waals surface area contributed by atoms with Crippen LogP contribution in [0.4, 0.5) is 0 Å². The molecular weight excluding hydrogens is 92.1 g/mol. The number of aliphatic hydroxyl groups is 1. The summed E-state index contributed by atoms with van der Waals surface area (Å²) in [6.45, 7) is 0. The van der Waals surface area contributed by atoms with Crippen LogP contribution in [0.1, 0.15) is 6.42 Å². The van der Waals surface area contributed by atoms with Crippen molar-refractivity contribution in [1.82, 2.24) is 0 Å². The number of ketones is 1. The molecule has 0 aromatic carbocycles. The standard InChI is InChI=1S/C5H4O2/c6-4-1-2-5(7)3-4/h4,6H,3H2. The van der Waals surface area contributed by atoms with Crippen LogP contribution in [0.3, 0.4) is 0 Å². The van der Waals surface area contributed by atoms with Gasteiger partial charge in [-0.3, -0.25) is 4.79 Å². The number of carbonyl (C=O) groups excluding carboxylic acids is 1. The van der Waals surface area contributed by atoms with Crippen molar-refractivity contribution >= 4 is 5.78 Å². The Kier molecular flexibility index (Phi) is 0.844. The van der Waals surface area contributed by atoms with Gasteiger partial charge in [0.25, 0.3) is 0 Å². The number of carbonyl (C=O) groups is 1. The topological polar surface area (TPSA) is 37.3 Å². The predicted molar refractivity (Wildman–Crippen MR) is 23.4 cm³/mol. The molecule has 0 amide bonds. The molecular formula is C5H4O2. The third kappa shape index (κ3) is 0.787. The Labute approximate surface area is 41.1 Å². The molecule has 1 aliphatic carbocycles. The van der Waals surface area contributed by atoms with Crippen LogP contribution >= 0.6 is 0 Å². The zero-order chi connectivity index (χ0) is 5.28. The predicted octanol–water partition coefficient (Wildman–Crippen LogP) is -0.677. The molecule has 0 radical (unpaired) electrons. The maximum atomic E-state index is 10.1. The molecule has 0 fully saturated rings. The molecule has 0 heterocycles. The third-order valence-corrected chi connectivity index (χ3v) is 0.757. The van der Waals surface area contributed by atoms with E-state index < -0.39 is 6.10 Å². The van der Waals surface area contributed by atoms with E-state index in [0.29, 0.717) is 0 Å². The minimum Gasteiger partial charge on any atom is -0.380 e. The second kappa shape index (κ2) is 1.36. The van der Waals surface area contributed by atoms with Crippen molar-refractivity contribution in [2.45, 2.75) is 12.5 Å². The van der Waals surface area contributed by atoms with E-state index in [9.17, 15) is 4.79 Å². The summed E-state index contributed by atoms with van der Waals surface area (Å²) < 4.78 is 0. The molecule has 7 heavy (non-hydrogen) atoms. The largest absolute Gasteiger partial charge is 0.380 e. The van der Waals surface area contributed by atoms with Gasteiger partial charge in [-0.15, -0.1) is 0 Å². The molecule has 2 heteroatoms. The van der Waals surface area contributed by atoms with Crippen LogP contribution in [0.2, 0.25) is 0 Å². The Morgan fingerprint density at radius 2 is 2.57 bits per heavy atom. The van der Waals surface area contributed by atoms with E-state index in [-0.39, 0.29) is 12.2 Å². The first-order valence-corrected chi connectivity index (χ1v) is 2.01. The van der Waals surface area contributed by atoms with Crippen LogP contribution < -0.4 is 0 Å². The number of hydrogen-bond acceptors (Lipinski definition) is 2. The molecule has 1 aliphatic rings. The summed E-state index contributed by atoms with van der Waals surface area (Å²) in [5.74, 6) is 4.40. The molecule has 0 spiro atoms. The molecule has 0 bridgehead atoms. The van der Waals surface area contributed by atoms with Crippen LogP contribution in [0.25, 0.3) is 0 Å². The van der Waals surface area contributed by atoms with Gasteiger partial charge in [0.05, 0.1) is 6.42 Å². The summed E-state index contributed by atoms with van der Waals surface area (Å²) in [5.41, 5.74) is 0. The Hall–Kier alpha value is -0.810. The minimum atomic E-state index is -0.688. The number of rotatable bonds is 0. The van der Waals surface area contributed by atoms with Gasteiger partial charge in [-0.05, 0) is 5.92 Å². The fraction of sp³-hybridized carbons (Fsp3) is 0.400. The molecule has 1 unspecified atom stereocenters. The fourth-order valence-corrected chi connectivity index (χ4v) is 0.441. The van der Waals surface area contributed by atoms with Crippen molar-refractivity contribution in [2.75, 3.05) is 0 Å². The van der Waals surface area contributed by atoms with Crippen molar-refractivity contribution in [3.63, 3.8) is 0 Å². The molecule has 0 saturated heterocycles. The summed E-state index contributed by atoms with van der Waals surface area (Å²) >= 11 is 0. The van der Waals surface area contributed by atoms with Crippen LogP contribution in [-0.4, -0.2) is 17.0 Å². The van der Waals surface area contributed by atoms with Gasteiger partial charge < -0.3 is 5.11 Å². The van der Waals surface area contributed by atoms with E-state index in [1.54, 1.807) is 0 Å². The maximum Gasteiger partial charge on any atom is 0.209 e. The van der Waals surface area contributed by atoms with Crippen LogP contribution in [-0.2, 0) is 4.79 Å². The van der Waals surface area contributed by atoms with Gasteiger partial charge in [-0.25, -0.2) is 0 Å². The smallest absolute Gasteiger partial charge is 0.209 e. The quantitative estimate of drug-likeness (QED) is 0.320. The van der Waals surface area contributed by atoms with E-state index in [1.807, 2.05) is 0 Å². The monoisotopic (exact) mass is 96.0 g/mol. The second-order valence-electron chi connectivity index (χ2n) is 1.41. The Bertz CT molecular complexity index is 149. The number of hydrogen-bond donors (Lipinski definition) is 1. The van der Waals surface area contributed by atoms with Gasteiger partial charge in [0.2, 0.25) is 5.78 Å². The summed E-state index contributed by atoms with van der Waals surface area (Å²) in [6.07, 6.45) is -0.521. The lowest BCUT2D eigenvalue weighted by Crippen LogP contribution is -2.01. The van der Waals surface area contributed by atoms with Crippen molar-refractivity contribution in [2.24, 2.45) is 0 Å². The molecule has 1 atom stereocenters. The highest BCUT2D eigenvalue weighted by Gasteiger charge is 2.10. The van der Waals surface area contributed by atoms with Crippen LogP contribution in [0.5, 0.6) is 0 Å². The summed E-state index contributed by atoms with van der Waals surface area (Å²) in [6, 6.07) is 0. The van der Waals surface area contributed by atoms with Crippen molar-refractivity contribution in [3.05, 3.63) is 0 Å². The normalized spacial score (nSPS) is 27.0. The lowest BCUT2D eigenvalue weighted by Gasteiger charge is -1.86. The minimum absolute atomic E-state index is 0.160. The van der Waals surface area contributed by atoms with Crippen molar-refractivity contribution < 1.29 is 9.90 Å². The van der Waals surface area contributed by atoms with Crippen LogP contribution in [0, 0.1) is 11.8 Å². The second-order valence-corrected chi connectivity index (χ2v) is 1.41. The highest BCUT2D eigenvalue weighted by Crippen LogP contribution is 1.95. The Balaban J connectivity index is 2.65. The van der Waals surface area contributed by atoms with Gasteiger partial charge in [-0.1, -0.05) is 5.92 Å². The maximum absolute atomic E-state index is 10.1. The zero-order valence-corrected chi connectivity index (χ0v) is 3.64. The van der Waals surface area contributed by atoms with Gasteiger partial charge in [-0.2, -0.15) is 0 Å². The van der Waals surface area contributed by atoms with E-state index in [4.69, 9.17) is 5.11 Å². The number of Topliss-reactive ketones (excluding diaryl/α,β-unsaturated/α-hetero) is 1. The lowest BCUT2D eigenvalue weighted by atomic mass is 10.3. The molecule has 0 aliphatic heterocycles. The highest BCUT2D eigenvalue weighted by molar-refractivity contribution is 5.98. The first kappa shape index (κ1) is 4.35. The summed E-state index contributed by atoms with van der Waals surface area (Å²) in [4.78, 5) is 10.1. The summed E-state index contributed by atoms with van der Waals surface area (Å²) in [5, 5.41) is 8.51. The van der Waals surface area contributed by atoms with Crippen molar-refractivity contribution in [3.8, 4) is 11.8 Å². The van der Waals surface area contributed by atoms with Crippen LogP contribution in [0.15, 0.2) is 0 Å². The zero-order valence-electron chi connectivity index (χ0n) is 3.64. The first-order chi connectivity index (χ1) is 3.29. The van der Waals surface area contributed by atoms with Gasteiger partial charge in [0.1, 0.15) is 6.10 Å². The van der Waals surface area contributed by atoms with E-state index >= 15 is 0 Å². The van der Waals surface area contributed by atoms with E-state index in [1.165, 1.54) is 0 Å². The molecule has 0 aromatic rings. The highest BCUT2D eigenvalue weighted by atomic mass is 16.3. The third-order valence-electron chi connectivity index (χ3n) is 0.757. The van der Waals surface area contributed by atoms with Gasteiger partial charge in [0.15, 0.2) is 0 Å². The molecule has 1 N–H and O–H groups in total. The van der Waals surface area contributed by atoms with Gasteiger partial charge in [0, 0.05) is 0 Å². The summed E-state index contributed by atoms with van der Waals surface area (Å²) in [7, 11) is 0. The first-order valence-electron chi connectivity index (χ1n) is 2.01. The molecule has 2 nitrogen and oxygen atoms in total. The fourth-order valence-electron chi connectivity index (χ4n) is 0.441. The molecule has 0 saturated carbocycles. The average Bonchev–Trinajstić information content (AvgIpc) is 1.87. The lowest BCUT2D eigenvalue weighted by molar-refractivity contribution is -0.114. The van der Waals surface area contributed by atoms with Gasteiger partial charge >= 0.3 is 0 Å². The Morgan fingerprint density at radius 3 is 2.71 bits per heavy atom. The Morgan fingerprint density at radius 1 is 1.86 bits per heavy atom. The van der Waals surface area contributed by atoms with Crippen molar-refractivity contribution in [1.29, 1.82) is 0 Å². The van der Waals surface area contributed by atoms with E-state index in [0.717, 1.165) is 0 Å². The SMILES string of the molecule is O=C1C#CC(O)C1. The average molecular weight is 96.1 g/mol. The van der Waals surface area contributed by atoms with E-state index in [2.05, 4.69) is 11.8 Å².